The highest BCUT2D eigenvalue weighted by atomic mass is 32.2. The molecule has 0 radical (unpaired) electrons. The first kappa shape index (κ1) is 13.6. The molecule has 2 heterocycles. The minimum atomic E-state index is -0.392. The smallest absolute Gasteiger partial charge is 0.254 e. The van der Waals surface area contributed by atoms with Crippen LogP contribution in [0.2, 0.25) is 0 Å². The van der Waals surface area contributed by atoms with E-state index in [4.69, 9.17) is 5.73 Å². The summed E-state index contributed by atoms with van der Waals surface area (Å²) in [6.45, 7) is 1.93. The van der Waals surface area contributed by atoms with Crippen LogP contribution in [0.1, 0.15) is 13.3 Å². The number of aromatic nitrogens is 2. The fourth-order valence-electron chi connectivity index (χ4n) is 1.92. The lowest BCUT2D eigenvalue weighted by Gasteiger charge is -2.14. The number of carbonyl (C=O) groups is 2. The maximum Gasteiger partial charge on any atom is 0.254 e. The molecule has 3 N–H and O–H groups in total. The third-order valence-electron chi connectivity index (χ3n) is 2.73. The molecule has 2 rings (SSSR count). The predicted molar refractivity (Wildman–Crippen MR) is 72.9 cm³/mol. The summed E-state index contributed by atoms with van der Waals surface area (Å²) >= 11 is 1.20. The first-order valence-corrected chi connectivity index (χ1v) is 6.75. The Morgan fingerprint density at radius 2 is 2.37 bits per heavy atom. The summed E-state index contributed by atoms with van der Waals surface area (Å²) < 4.78 is 0. The van der Waals surface area contributed by atoms with Crippen LogP contribution in [0.15, 0.2) is 10.9 Å². The quantitative estimate of drug-likeness (QED) is 0.806. The SMILES string of the molecule is CC(=O)SCC1CC(=O)N(c2nc(N)cc(=O)[nH]2)C1. The molecule has 1 aliphatic heterocycles. The van der Waals surface area contributed by atoms with Crippen molar-refractivity contribution < 1.29 is 9.59 Å². The van der Waals surface area contributed by atoms with E-state index in [-0.39, 0.29) is 28.7 Å². The van der Waals surface area contributed by atoms with Crippen LogP contribution in [-0.4, -0.2) is 33.3 Å². The van der Waals surface area contributed by atoms with E-state index in [1.54, 1.807) is 0 Å². The number of hydrogen-bond donors (Lipinski definition) is 2. The molecule has 8 heteroatoms. The number of carbonyl (C=O) groups excluding carboxylic acids is 2. The molecule has 1 amide bonds. The lowest BCUT2D eigenvalue weighted by molar-refractivity contribution is -0.117. The third-order valence-corrected chi connectivity index (χ3v) is 3.78. The van der Waals surface area contributed by atoms with Crippen molar-refractivity contribution in [3.63, 3.8) is 0 Å². The summed E-state index contributed by atoms with van der Waals surface area (Å²) in [5.74, 6) is 0.791. The molecular formula is C11H14N4O3S. The van der Waals surface area contributed by atoms with Crippen molar-refractivity contribution in [1.82, 2.24) is 9.97 Å². The largest absolute Gasteiger partial charge is 0.383 e. The Labute approximate surface area is 113 Å². The summed E-state index contributed by atoms with van der Waals surface area (Å²) in [6, 6.07) is 1.16. The Kier molecular flexibility index (Phi) is 3.89. The highest BCUT2D eigenvalue weighted by molar-refractivity contribution is 8.13. The summed E-state index contributed by atoms with van der Waals surface area (Å²) in [5, 5.41) is 0.0291. The topological polar surface area (TPSA) is 109 Å². The zero-order chi connectivity index (χ0) is 14.0. The Morgan fingerprint density at radius 3 is 3.00 bits per heavy atom. The minimum absolute atomic E-state index is 0.0291. The Bertz CT molecular complexity index is 571. The van der Waals surface area contributed by atoms with Gasteiger partial charge in [-0.3, -0.25) is 24.3 Å². The molecule has 1 fully saturated rings. The number of H-pyrrole nitrogens is 1. The van der Waals surface area contributed by atoms with E-state index < -0.39 is 5.56 Å². The highest BCUT2D eigenvalue weighted by Gasteiger charge is 2.32. The Morgan fingerprint density at radius 1 is 1.63 bits per heavy atom. The molecule has 1 atom stereocenters. The monoisotopic (exact) mass is 282 g/mol. The zero-order valence-electron chi connectivity index (χ0n) is 10.4. The van der Waals surface area contributed by atoms with Gasteiger partial charge in [-0.15, -0.1) is 0 Å². The van der Waals surface area contributed by atoms with Crippen molar-refractivity contribution in [3.05, 3.63) is 16.4 Å². The normalized spacial score (nSPS) is 18.9. The van der Waals surface area contributed by atoms with Crippen LogP contribution in [0.5, 0.6) is 0 Å². The Balaban J connectivity index is 2.11. The van der Waals surface area contributed by atoms with E-state index >= 15 is 0 Å². The molecule has 0 bridgehead atoms. The summed E-state index contributed by atoms with van der Waals surface area (Å²) in [4.78, 5) is 41.9. The van der Waals surface area contributed by atoms with Crippen LogP contribution < -0.4 is 16.2 Å². The first-order valence-electron chi connectivity index (χ1n) is 5.76. The van der Waals surface area contributed by atoms with Crippen LogP contribution in [0.25, 0.3) is 0 Å². The molecular weight excluding hydrogens is 268 g/mol. The number of anilines is 2. The van der Waals surface area contributed by atoms with Gasteiger partial charge in [-0.2, -0.15) is 4.98 Å². The third kappa shape index (κ3) is 3.34. The second-order valence-electron chi connectivity index (χ2n) is 4.37. The molecule has 1 aromatic rings. The van der Waals surface area contributed by atoms with Crippen LogP contribution in [0.3, 0.4) is 0 Å². The molecule has 7 nitrogen and oxygen atoms in total. The van der Waals surface area contributed by atoms with Crippen LogP contribution in [0.4, 0.5) is 11.8 Å². The fraction of sp³-hybridized carbons (Fsp3) is 0.455. The highest BCUT2D eigenvalue weighted by Crippen LogP contribution is 2.25. The zero-order valence-corrected chi connectivity index (χ0v) is 11.2. The van der Waals surface area contributed by atoms with Crippen LogP contribution in [0, 0.1) is 5.92 Å². The number of hydrogen-bond acceptors (Lipinski definition) is 6. The van der Waals surface area contributed by atoms with Crippen molar-refractivity contribution in [2.45, 2.75) is 13.3 Å². The van der Waals surface area contributed by atoms with E-state index in [2.05, 4.69) is 9.97 Å². The van der Waals surface area contributed by atoms with Crippen molar-refractivity contribution in [2.75, 3.05) is 22.9 Å². The van der Waals surface area contributed by atoms with Gasteiger partial charge < -0.3 is 5.73 Å². The number of nitrogens with zero attached hydrogens (tertiary/aromatic N) is 2. The molecule has 0 saturated carbocycles. The van der Waals surface area contributed by atoms with Gasteiger partial charge in [0.2, 0.25) is 11.9 Å². The average molecular weight is 282 g/mol. The molecule has 1 aromatic heterocycles. The molecule has 1 aliphatic rings. The standard InChI is InChI=1S/C11H14N4O3S/c1-6(16)19-5-7-2-10(18)15(4-7)11-13-8(12)3-9(17)14-11/h3,7H,2,4-5H2,1H3,(H3,12,13,14,17). The van der Waals surface area contributed by atoms with E-state index in [0.717, 1.165) is 6.07 Å². The van der Waals surface area contributed by atoms with Gasteiger partial charge in [0, 0.05) is 31.7 Å². The number of nitrogen functional groups attached to an aromatic ring is 1. The van der Waals surface area contributed by atoms with Gasteiger partial charge in [-0.1, -0.05) is 11.8 Å². The maximum absolute atomic E-state index is 11.9. The van der Waals surface area contributed by atoms with E-state index in [0.29, 0.717) is 18.7 Å². The van der Waals surface area contributed by atoms with Gasteiger partial charge >= 0.3 is 0 Å². The van der Waals surface area contributed by atoms with Crippen molar-refractivity contribution in [2.24, 2.45) is 5.92 Å². The maximum atomic E-state index is 11.9. The van der Waals surface area contributed by atoms with Gasteiger partial charge in [0.15, 0.2) is 5.12 Å². The van der Waals surface area contributed by atoms with Gasteiger partial charge in [0.25, 0.3) is 5.56 Å². The first-order chi connectivity index (χ1) is 8.95. The number of aromatic amines is 1. The number of rotatable bonds is 3. The molecule has 1 unspecified atom stereocenters. The van der Waals surface area contributed by atoms with Crippen LogP contribution in [-0.2, 0) is 9.59 Å². The number of nitrogens with two attached hydrogens (primary N) is 1. The predicted octanol–water partition coefficient (Wildman–Crippen LogP) is -0.0153. The molecule has 1 saturated heterocycles. The molecule has 102 valence electrons. The molecule has 0 aliphatic carbocycles. The lowest BCUT2D eigenvalue weighted by atomic mass is 10.1. The second-order valence-corrected chi connectivity index (χ2v) is 5.57. The summed E-state index contributed by atoms with van der Waals surface area (Å²) in [6.07, 6.45) is 0.346. The number of nitrogens with one attached hydrogen (secondary N) is 1. The summed E-state index contributed by atoms with van der Waals surface area (Å²) in [5.41, 5.74) is 5.10. The molecule has 19 heavy (non-hydrogen) atoms. The number of amides is 1. The van der Waals surface area contributed by atoms with Gasteiger partial charge in [-0.25, -0.2) is 0 Å². The van der Waals surface area contributed by atoms with E-state index in [1.807, 2.05) is 0 Å². The van der Waals surface area contributed by atoms with Crippen LogP contribution >= 0.6 is 11.8 Å². The minimum Gasteiger partial charge on any atom is -0.383 e. The van der Waals surface area contributed by atoms with Gasteiger partial charge in [-0.05, 0) is 5.92 Å². The molecule has 0 spiro atoms. The fourth-order valence-corrected chi connectivity index (χ4v) is 2.62. The van der Waals surface area contributed by atoms with Crippen molar-refractivity contribution in [1.29, 1.82) is 0 Å². The van der Waals surface area contributed by atoms with Gasteiger partial charge in [0.05, 0.1) is 0 Å². The van der Waals surface area contributed by atoms with Crippen molar-refractivity contribution >= 4 is 34.6 Å². The second kappa shape index (κ2) is 5.43. The van der Waals surface area contributed by atoms with Gasteiger partial charge in [0.1, 0.15) is 5.82 Å². The average Bonchev–Trinajstić information content (AvgIpc) is 2.66. The summed E-state index contributed by atoms with van der Waals surface area (Å²) in [7, 11) is 0. The van der Waals surface area contributed by atoms with E-state index in [9.17, 15) is 14.4 Å². The van der Waals surface area contributed by atoms with Crippen molar-refractivity contribution in [3.8, 4) is 0 Å². The number of thioether (sulfide) groups is 1. The Hall–Kier alpha value is -1.83. The van der Waals surface area contributed by atoms with E-state index in [1.165, 1.54) is 23.6 Å². The molecule has 0 aromatic carbocycles. The lowest BCUT2D eigenvalue weighted by Crippen LogP contribution is -2.29.